The highest BCUT2D eigenvalue weighted by atomic mass is 32.2. The van der Waals surface area contributed by atoms with E-state index in [9.17, 15) is 0 Å². The number of aryl methyl sites for hydroxylation is 1. The number of hydrogen-bond acceptors (Lipinski definition) is 3. The van der Waals surface area contributed by atoms with Crippen molar-refractivity contribution in [2.75, 3.05) is 6.26 Å². The van der Waals surface area contributed by atoms with Gasteiger partial charge in [-0.05, 0) is 36.1 Å². The number of benzene rings is 2. The van der Waals surface area contributed by atoms with Crippen LogP contribution in [-0.2, 0) is 13.6 Å². The highest BCUT2D eigenvalue weighted by Crippen LogP contribution is 2.26. The van der Waals surface area contributed by atoms with Crippen LogP contribution in [0.3, 0.4) is 0 Å². The second-order valence-corrected chi connectivity index (χ2v) is 5.63. The highest BCUT2D eigenvalue weighted by molar-refractivity contribution is 7.98. The van der Waals surface area contributed by atoms with Crippen molar-refractivity contribution < 1.29 is 0 Å². The van der Waals surface area contributed by atoms with Crippen molar-refractivity contribution in [3.63, 3.8) is 0 Å². The van der Waals surface area contributed by atoms with Crippen molar-refractivity contribution in [3.05, 3.63) is 48.0 Å². The van der Waals surface area contributed by atoms with Gasteiger partial charge in [-0.15, -0.1) is 11.8 Å². The van der Waals surface area contributed by atoms with Crippen LogP contribution in [0.25, 0.3) is 22.4 Å². The Morgan fingerprint density at radius 3 is 2.55 bits per heavy atom. The van der Waals surface area contributed by atoms with Crippen molar-refractivity contribution in [3.8, 4) is 11.4 Å². The summed E-state index contributed by atoms with van der Waals surface area (Å²) in [5.41, 5.74) is 10.1. The summed E-state index contributed by atoms with van der Waals surface area (Å²) in [7, 11) is 2.05. The zero-order chi connectivity index (χ0) is 14.1. The van der Waals surface area contributed by atoms with Crippen LogP contribution < -0.4 is 5.73 Å². The second-order valence-electron chi connectivity index (χ2n) is 4.75. The first-order chi connectivity index (χ1) is 9.72. The standard InChI is InChI=1S/C16H17N3S/c1-19-15-9-11(10-17)3-8-14(15)18-16(19)12-4-6-13(20-2)7-5-12/h3-9H,10,17H2,1-2H3. The van der Waals surface area contributed by atoms with Gasteiger partial charge in [0.15, 0.2) is 0 Å². The Morgan fingerprint density at radius 2 is 1.90 bits per heavy atom. The molecule has 0 saturated carbocycles. The smallest absolute Gasteiger partial charge is 0.140 e. The Morgan fingerprint density at radius 1 is 1.15 bits per heavy atom. The third-order valence-corrected chi connectivity index (χ3v) is 4.27. The lowest BCUT2D eigenvalue weighted by atomic mass is 10.2. The van der Waals surface area contributed by atoms with Gasteiger partial charge in [-0.25, -0.2) is 4.98 Å². The molecular weight excluding hydrogens is 266 g/mol. The molecule has 0 aliphatic carbocycles. The van der Waals surface area contributed by atoms with E-state index in [1.54, 1.807) is 11.8 Å². The average molecular weight is 283 g/mol. The van der Waals surface area contributed by atoms with Crippen molar-refractivity contribution in [1.29, 1.82) is 0 Å². The van der Waals surface area contributed by atoms with Gasteiger partial charge < -0.3 is 10.3 Å². The van der Waals surface area contributed by atoms with Crippen molar-refractivity contribution >= 4 is 22.8 Å². The van der Waals surface area contributed by atoms with Crippen LogP contribution in [0.4, 0.5) is 0 Å². The van der Waals surface area contributed by atoms with E-state index in [2.05, 4.69) is 41.2 Å². The molecule has 0 bridgehead atoms. The largest absolute Gasteiger partial charge is 0.327 e. The molecule has 3 aromatic rings. The zero-order valence-corrected chi connectivity index (χ0v) is 12.4. The fourth-order valence-electron chi connectivity index (χ4n) is 2.36. The lowest BCUT2D eigenvalue weighted by Crippen LogP contribution is -1.97. The predicted octanol–water partition coefficient (Wildman–Crippen LogP) is 3.42. The minimum absolute atomic E-state index is 0.554. The maximum Gasteiger partial charge on any atom is 0.140 e. The van der Waals surface area contributed by atoms with Gasteiger partial charge in [0.05, 0.1) is 11.0 Å². The summed E-state index contributed by atoms with van der Waals surface area (Å²) in [6.45, 7) is 0.554. The van der Waals surface area contributed by atoms with Crippen LogP contribution >= 0.6 is 11.8 Å². The Hall–Kier alpha value is -1.78. The van der Waals surface area contributed by atoms with Gasteiger partial charge in [0.2, 0.25) is 0 Å². The van der Waals surface area contributed by atoms with Gasteiger partial charge in [0.25, 0.3) is 0 Å². The van der Waals surface area contributed by atoms with Gasteiger partial charge >= 0.3 is 0 Å². The molecule has 0 aliphatic heterocycles. The first kappa shape index (κ1) is 13.2. The summed E-state index contributed by atoms with van der Waals surface area (Å²) < 4.78 is 2.13. The monoisotopic (exact) mass is 283 g/mol. The number of fused-ring (bicyclic) bond motifs is 1. The van der Waals surface area contributed by atoms with E-state index in [0.717, 1.165) is 28.0 Å². The number of nitrogens with two attached hydrogens (primary N) is 1. The lowest BCUT2D eigenvalue weighted by molar-refractivity contribution is 0.956. The van der Waals surface area contributed by atoms with Crippen LogP contribution in [0.15, 0.2) is 47.4 Å². The van der Waals surface area contributed by atoms with Crippen molar-refractivity contribution in [2.24, 2.45) is 12.8 Å². The average Bonchev–Trinajstić information content (AvgIpc) is 2.84. The van der Waals surface area contributed by atoms with Crippen molar-refractivity contribution in [1.82, 2.24) is 9.55 Å². The number of rotatable bonds is 3. The van der Waals surface area contributed by atoms with Crippen LogP contribution in [0, 0.1) is 0 Å². The summed E-state index contributed by atoms with van der Waals surface area (Å²) in [5.74, 6) is 0.988. The Kier molecular flexibility index (Phi) is 3.51. The SMILES string of the molecule is CSc1ccc(-c2nc3ccc(CN)cc3n2C)cc1. The lowest BCUT2D eigenvalue weighted by Gasteiger charge is -2.04. The second kappa shape index (κ2) is 5.31. The van der Waals surface area contributed by atoms with Crippen LogP contribution in [-0.4, -0.2) is 15.8 Å². The zero-order valence-electron chi connectivity index (χ0n) is 11.6. The summed E-state index contributed by atoms with van der Waals surface area (Å²) >= 11 is 1.75. The van der Waals surface area contributed by atoms with Gasteiger partial charge in [0.1, 0.15) is 5.82 Å². The molecule has 0 spiro atoms. The highest BCUT2D eigenvalue weighted by Gasteiger charge is 2.10. The maximum absolute atomic E-state index is 5.71. The molecule has 2 N–H and O–H groups in total. The maximum atomic E-state index is 5.71. The van der Waals surface area contributed by atoms with E-state index in [1.165, 1.54) is 4.90 Å². The third-order valence-electron chi connectivity index (χ3n) is 3.53. The van der Waals surface area contributed by atoms with E-state index < -0.39 is 0 Å². The van der Waals surface area contributed by atoms with Crippen LogP contribution in [0.5, 0.6) is 0 Å². The molecule has 0 radical (unpaired) electrons. The van der Waals surface area contributed by atoms with Gasteiger partial charge in [-0.1, -0.05) is 18.2 Å². The van der Waals surface area contributed by atoms with Gasteiger partial charge in [0, 0.05) is 24.1 Å². The number of imidazole rings is 1. The summed E-state index contributed by atoms with van der Waals surface area (Å²) in [6, 6.07) is 14.7. The van der Waals surface area contributed by atoms with E-state index >= 15 is 0 Å². The molecule has 2 aromatic carbocycles. The van der Waals surface area contributed by atoms with E-state index in [1.807, 2.05) is 19.2 Å². The molecule has 4 heteroatoms. The number of nitrogens with zero attached hydrogens (tertiary/aromatic N) is 2. The van der Waals surface area contributed by atoms with Gasteiger partial charge in [-0.2, -0.15) is 0 Å². The van der Waals surface area contributed by atoms with E-state index in [0.29, 0.717) is 6.54 Å². The molecule has 1 aromatic heterocycles. The first-order valence-electron chi connectivity index (χ1n) is 6.53. The first-order valence-corrected chi connectivity index (χ1v) is 7.75. The third kappa shape index (κ3) is 2.21. The van der Waals surface area contributed by atoms with Crippen molar-refractivity contribution in [2.45, 2.75) is 11.4 Å². The summed E-state index contributed by atoms with van der Waals surface area (Å²) in [4.78, 5) is 5.99. The molecule has 0 fully saturated rings. The fraction of sp³-hybridized carbons (Fsp3) is 0.188. The molecule has 3 rings (SSSR count). The van der Waals surface area contributed by atoms with E-state index in [-0.39, 0.29) is 0 Å². The Bertz CT molecular complexity index is 744. The summed E-state index contributed by atoms with van der Waals surface area (Å²) in [5, 5.41) is 0. The topological polar surface area (TPSA) is 43.8 Å². The minimum Gasteiger partial charge on any atom is -0.327 e. The molecule has 0 saturated heterocycles. The Labute approximate surface area is 122 Å². The summed E-state index contributed by atoms with van der Waals surface area (Å²) in [6.07, 6.45) is 2.08. The number of hydrogen-bond donors (Lipinski definition) is 1. The molecule has 3 nitrogen and oxygen atoms in total. The minimum atomic E-state index is 0.554. The molecule has 20 heavy (non-hydrogen) atoms. The molecule has 0 aliphatic rings. The fourth-order valence-corrected chi connectivity index (χ4v) is 2.77. The van der Waals surface area contributed by atoms with Crippen LogP contribution in [0.2, 0.25) is 0 Å². The number of thioether (sulfide) groups is 1. The quantitative estimate of drug-likeness (QED) is 0.749. The molecule has 0 amide bonds. The van der Waals surface area contributed by atoms with Crippen LogP contribution in [0.1, 0.15) is 5.56 Å². The van der Waals surface area contributed by atoms with E-state index in [4.69, 9.17) is 10.7 Å². The number of aromatic nitrogens is 2. The Balaban J connectivity index is 2.13. The molecular formula is C16H17N3S. The molecule has 1 heterocycles. The molecule has 0 unspecified atom stereocenters. The molecule has 0 atom stereocenters. The van der Waals surface area contributed by atoms with Gasteiger partial charge in [-0.3, -0.25) is 0 Å². The normalized spacial score (nSPS) is 11.2. The predicted molar refractivity (Wildman–Crippen MR) is 85.8 cm³/mol. The molecule has 102 valence electrons.